The molecule has 0 radical (unpaired) electrons. The number of furan rings is 1. The van der Waals surface area contributed by atoms with Crippen LogP contribution in [0.5, 0.6) is 5.75 Å². The first-order valence-electron chi connectivity index (χ1n) is 5.40. The van der Waals surface area contributed by atoms with E-state index in [-0.39, 0.29) is 5.88 Å². The summed E-state index contributed by atoms with van der Waals surface area (Å²) in [6.07, 6.45) is 0. The van der Waals surface area contributed by atoms with Crippen LogP contribution in [0.3, 0.4) is 0 Å². The summed E-state index contributed by atoms with van der Waals surface area (Å²) in [5.41, 5.74) is 0.853. The maximum Gasteiger partial charge on any atom is 0.433 e. The van der Waals surface area contributed by atoms with E-state index in [0.29, 0.717) is 12.3 Å². The Morgan fingerprint density at radius 3 is 2.79 bits per heavy atom. The van der Waals surface area contributed by atoms with Crippen molar-refractivity contribution >= 4 is 27.5 Å². The smallest absolute Gasteiger partial charge is 0.433 e. The van der Waals surface area contributed by atoms with Crippen molar-refractivity contribution in [3.8, 4) is 5.75 Å². The van der Waals surface area contributed by atoms with E-state index in [2.05, 4.69) is 21.2 Å². The third-order valence-electron chi connectivity index (χ3n) is 2.45. The van der Waals surface area contributed by atoms with Gasteiger partial charge < -0.3 is 14.5 Å². The minimum absolute atomic E-state index is 0.257. The van der Waals surface area contributed by atoms with Crippen LogP contribution in [0, 0.1) is 10.1 Å². The molecule has 6 nitrogen and oxygen atoms in total. The van der Waals surface area contributed by atoms with Crippen LogP contribution in [0.1, 0.15) is 5.76 Å². The largest absolute Gasteiger partial charge is 0.496 e. The van der Waals surface area contributed by atoms with E-state index >= 15 is 0 Å². The quantitative estimate of drug-likeness (QED) is 0.671. The van der Waals surface area contributed by atoms with Gasteiger partial charge in [-0.2, -0.15) is 0 Å². The summed E-state index contributed by atoms with van der Waals surface area (Å²) >= 11 is 3.38. The molecule has 0 bridgehead atoms. The van der Waals surface area contributed by atoms with Gasteiger partial charge in [0.2, 0.25) is 0 Å². The number of anilines is 1. The molecule has 0 amide bonds. The lowest BCUT2D eigenvalue weighted by Crippen LogP contribution is -1.98. The molecule has 0 fully saturated rings. The van der Waals surface area contributed by atoms with E-state index in [0.717, 1.165) is 15.9 Å². The highest BCUT2D eigenvalue weighted by Gasteiger charge is 2.11. The normalized spacial score (nSPS) is 10.2. The zero-order chi connectivity index (χ0) is 13.8. The number of halogens is 1. The highest BCUT2D eigenvalue weighted by molar-refractivity contribution is 9.10. The third kappa shape index (κ3) is 3.25. The van der Waals surface area contributed by atoms with Gasteiger partial charge in [0.05, 0.1) is 24.2 Å². The minimum atomic E-state index is -0.562. The van der Waals surface area contributed by atoms with Crippen LogP contribution in [0.25, 0.3) is 0 Å². The molecule has 1 N–H and O–H groups in total. The van der Waals surface area contributed by atoms with Gasteiger partial charge in [-0.05, 0) is 40.2 Å². The number of nitrogens with zero attached hydrogens (tertiary/aromatic N) is 1. The van der Waals surface area contributed by atoms with Crippen molar-refractivity contribution in [2.24, 2.45) is 0 Å². The first-order chi connectivity index (χ1) is 9.10. The highest BCUT2D eigenvalue weighted by atomic mass is 79.9. The maximum atomic E-state index is 10.5. The number of hydrogen-bond donors (Lipinski definition) is 1. The highest BCUT2D eigenvalue weighted by Crippen LogP contribution is 2.28. The van der Waals surface area contributed by atoms with Gasteiger partial charge in [-0.25, -0.2) is 0 Å². The molecule has 0 unspecified atom stereocenters. The maximum absolute atomic E-state index is 10.5. The molecule has 0 aliphatic rings. The Labute approximate surface area is 117 Å². The van der Waals surface area contributed by atoms with E-state index in [4.69, 9.17) is 9.15 Å². The summed E-state index contributed by atoms with van der Waals surface area (Å²) in [7, 11) is 1.59. The fourth-order valence-corrected chi connectivity index (χ4v) is 2.07. The van der Waals surface area contributed by atoms with E-state index in [1.807, 2.05) is 18.2 Å². The van der Waals surface area contributed by atoms with Gasteiger partial charge in [-0.15, -0.1) is 0 Å². The molecule has 7 heteroatoms. The first-order valence-corrected chi connectivity index (χ1v) is 6.20. The molecule has 0 atom stereocenters. The molecule has 0 saturated carbocycles. The lowest BCUT2D eigenvalue weighted by molar-refractivity contribution is -0.402. The second kappa shape index (κ2) is 5.75. The molecule has 0 aliphatic carbocycles. The van der Waals surface area contributed by atoms with Crippen molar-refractivity contribution in [1.29, 1.82) is 0 Å². The molecule has 19 heavy (non-hydrogen) atoms. The predicted octanol–water partition coefficient (Wildman–Crippen LogP) is 3.57. The lowest BCUT2D eigenvalue weighted by atomic mass is 10.3. The standard InChI is InChI=1S/C12H11BrN2O4/c1-18-11-4-2-8(6-10(11)13)14-7-9-3-5-12(19-9)15(16)17/h2-6,14H,7H2,1H3. The molecule has 2 rings (SSSR count). The van der Waals surface area contributed by atoms with E-state index < -0.39 is 4.92 Å². The Bertz CT molecular complexity index is 597. The van der Waals surface area contributed by atoms with Crippen LogP contribution in [-0.2, 0) is 6.54 Å². The second-order valence-electron chi connectivity index (χ2n) is 3.70. The van der Waals surface area contributed by atoms with Gasteiger partial charge in [-0.3, -0.25) is 10.1 Å². The Balaban J connectivity index is 2.01. The number of ether oxygens (including phenoxy) is 1. The van der Waals surface area contributed by atoms with Gasteiger partial charge in [0.25, 0.3) is 0 Å². The average Bonchev–Trinajstić information content (AvgIpc) is 2.85. The first kappa shape index (κ1) is 13.4. The van der Waals surface area contributed by atoms with Crippen molar-refractivity contribution < 1.29 is 14.1 Å². The summed E-state index contributed by atoms with van der Waals surface area (Å²) < 4.78 is 11.0. The number of benzene rings is 1. The molecular formula is C12H11BrN2O4. The number of methoxy groups -OCH3 is 1. The second-order valence-corrected chi connectivity index (χ2v) is 4.55. The predicted molar refractivity (Wildman–Crippen MR) is 73.4 cm³/mol. The molecule has 0 spiro atoms. The monoisotopic (exact) mass is 326 g/mol. The fourth-order valence-electron chi connectivity index (χ4n) is 1.53. The summed E-state index contributed by atoms with van der Waals surface area (Å²) in [6.45, 7) is 0.368. The Morgan fingerprint density at radius 1 is 1.42 bits per heavy atom. The van der Waals surface area contributed by atoms with Gasteiger partial charge >= 0.3 is 5.88 Å². The summed E-state index contributed by atoms with van der Waals surface area (Å²) in [5.74, 6) is 0.977. The fraction of sp³-hybridized carbons (Fsp3) is 0.167. The van der Waals surface area contributed by atoms with Crippen molar-refractivity contribution in [3.05, 3.63) is 50.7 Å². The number of nitrogens with one attached hydrogen (secondary N) is 1. The molecule has 1 aromatic heterocycles. The molecule has 2 aromatic rings. The van der Waals surface area contributed by atoms with Crippen LogP contribution in [0.15, 0.2) is 39.2 Å². The number of hydrogen-bond acceptors (Lipinski definition) is 5. The molecular weight excluding hydrogens is 316 g/mol. The van der Waals surface area contributed by atoms with Crippen LogP contribution >= 0.6 is 15.9 Å². The van der Waals surface area contributed by atoms with E-state index in [1.54, 1.807) is 13.2 Å². The van der Waals surface area contributed by atoms with Gasteiger partial charge in [0.1, 0.15) is 16.4 Å². The summed E-state index contributed by atoms with van der Waals surface area (Å²) in [4.78, 5) is 9.91. The Hall–Kier alpha value is -2.02. The Kier molecular flexibility index (Phi) is 4.06. The number of nitro groups is 1. The van der Waals surface area contributed by atoms with Gasteiger partial charge in [0, 0.05) is 5.69 Å². The minimum Gasteiger partial charge on any atom is -0.496 e. The van der Waals surface area contributed by atoms with Crippen molar-refractivity contribution in [3.63, 3.8) is 0 Å². The topological polar surface area (TPSA) is 77.5 Å². The van der Waals surface area contributed by atoms with Crippen molar-refractivity contribution in [1.82, 2.24) is 0 Å². The average molecular weight is 327 g/mol. The lowest BCUT2D eigenvalue weighted by Gasteiger charge is -2.07. The van der Waals surface area contributed by atoms with Crippen LogP contribution in [0.4, 0.5) is 11.6 Å². The molecule has 1 aromatic carbocycles. The van der Waals surface area contributed by atoms with Crippen molar-refractivity contribution in [2.45, 2.75) is 6.54 Å². The zero-order valence-electron chi connectivity index (χ0n) is 10.1. The third-order valence-corrected chi connectivity index (χ3v) is 3.07. The molecule has 100 valence electrons. The SMILES string of the molecule is COc1ccc(NCc2ccc([N+](=O)[O-])o2)cc1Br. The Morgan fingerprint density at radius 2 is 2.21 bits per heavy atom. The zero-order valence-corrected chi connectivity index (χ0v) is 11.6. The molecule has 1 heterocycles. The van der Waals surface area contributed by atoms with Crippen LogP contribution in [0.2, 0.25) is 0 Å². The van der Waals surface area contributed by atoms with Gasteiger partial charge in [0.15, 0.2) is 0 Å². The van der Waals surface area contributed by atoms with Crippen molar-refractivity contribution in [2.75, 3.05) is 12.4 Å². The summed E-state index contributed by atoms with van der Waals surface area (Å²) in [6, 6.07) is 8.43. The molecule has 0 aliphatic heterocycles. The van der Waals surface area contributed by atoms with E-state index in [9.17, 15) is 10.1 Å². The van der Waals surface area contributed by atoms with Gasteiger partial charge in [-0.1, -0.05) is 0 Å². The van der Waals surface area contributed by atoms with Crippen LogP contribution in [-0.4, -0.2) is 12.0 Å². The molecule has 0 saturated heterocycles. The summed E-state index contributed by atoms with van der Waals surface area (Å²) in [5, 5.41) is 13.6. The van der Waals surface area contributed by atoms with Crippen LogP contribution < -0.4 is 10.1 Å². The van der Waals surface area contributed by atoms with E-state index in [1.165, 1.54) is 6.07 Å². The number of rotatable bonds is 5.